The highest BCUT2D eigenvalue weighted by atomic mass is 16.5. The molecule has 4 heteroatoms. The second-order valence-electron chi connectivity index (χ2n) is 9.53. The van der Waals surface area contributed by atoms with E-state index in [1.165, 1.54) is 83.4 Å². The van der Waals surface area contributed by atoms with Crippen molar-refractivity contribution in [2.75, 3.05) is 7.11 Å². The highest BCUT2D eigenvalue weighted by Crippen LogP contribution is 2.46. The number of aryl methyl sites for hydroxylation is 3. The standard InChI is InChI=1S/C28H30N2O2.C2H6/c1-18-17-29-14-7-15-30-24-16-20(28(31)32-2)12-13-22(24)25(19-8-4-3-5-9-19)27(30)23-11-6-10-21(18)26(23)29;1-2/h6,10-13,16-17,19H,3-5,7-9,14-15H2,1-2H3;1-2H3. The molecule has 0 amide bonds. The fraction of sp³-hybridized carbons (Fsp3) is 0.433. The Balaban J connectivity index is 0.00000117. The summed E-state index contributed by atoms with van der Waals surface area (Å²) in [5.74, 6) is 0.310. The lowest BCUT2D eigenvalue weighted by Gasteiger charge is -2.25. The molecular weight excluding hydrogens is 420 g/mol. The van der Waals surface area contributed by atoms with Crippen molar-refractivity contribution < 1.29 is 9.53 Å². The summed E-state index contributed by atoms with van der Waals surface area (Å²) in [5.41, 5.74) is 8.73. The van der Waals surface area contributed by atoms with E-state index in [1.807, 2.05) is 19.9 Å². The predicted octanol–water partition coefficient (Wildman–Crippen LogP) is 7.84. The van der Waals surface area contributed by atoms with Crippen LogP contribution in [0.5, 0.6) is 0 Å². The Kier molecular flexibility index (Phi) is 6.24. The monoisotopic (exact) mass is 456 g/mol. The third-order valence-electron chi connectivity index (χ3n) is 7.67. The Morgan fingerprint density at radius 3 is 2.53 bits per heavy atom. The Hall–Kier alpha value is -3.01. The Labute approximate surface area is 202 Å². The van der Waals surface area contributed by atoms with Crippen molar-refractivity contribution in [3.63, 3.8) is 0 Å². The third-order valence-corrected chi connectivity index (χ3v) is 7.67. The van der Waals surface area contributed by atoms with Crippen LogP contribution in [0.1, 0.15) is 79.8 Å². The molecular formula is C30H36N2O2. The Morgan fingerprint density at radius 1 is 0.971 bits per heavy atom. The van der Waals surface area contributed by atoms with Gasteiger partial charge in [0.25, 0.3) is 0 Å². The molecule has 3 heterocycles. The predicted molar refractivity (Wildman–Crippen MR) is 141 cm³/mol. The first-order valence-electron chi connectivity index (χ1n) is 13.0. The molecule has 4 nitrogen and oxygen atoms in total. The number of carbonyl (C=O) groups excluding carboxylic acids is 1. The number of rotatable bonds is 2. The number of nitrogens with zero attached hydrogens (tertiary/aromatic N) is 2. The molecule has 1 aliphatic heterocycles. The van der Waals surface area contributed by atoms with Gasteiger partial charge < -0.3 is 13.9 Å². The van der Waals surface area contributed by atoms with Crippen LogP contribution in [0.2, 0.25) is 0 Å². The maximum Gasteiger partial charge on any atom is 0.337 e. The van der Waals surface area contributed by atoms with Crippen molar-refractivity contribution >= 4 is 27.8 Å². The van der Waals surface area contributed by atoms with E-state index in [0.29, 0.717) is 11.5 Å². The van der Waals surface area contributed by atoms with Crippen molar-refractivity contribution in [3.05, 3.63) is 59.3 Å². The summed E-state index contributed by atoms with van der Waals surface area (Å²) in [6, 6.07) is 13.0. The SMILES string of the molecule is CC.COC(=O)c1ccc2c(C3CCCCC3)c3n(c2c1)CCCn1cc(C)c2cccc-3c21. The average Bonchev–Trinajstić information content (AvgIpc) is 3.38. The highest BCUT2D eigenvalue weighted by molar-refractivity contribution is 6.03. The first-order chi connectivity index (χ1) is 16.7. The Morgan fingerprint density at radius 2 is 1.76 bits per heavy atom. The van der Waals surface area contributed by atoms with Gasteiger partial charge in [-0.05, 0) is 55.4 Å². The number of fused-ring (bicyclic) bond motifs is 4. The number of methoxy groups -OCH3 is 1. The van der Waals surface area contributed by atoms with Crippen LogP contribution in [0.3, 0.4) is 0 Å². The lowest BCUT2D eigenvalue weighted by atomic mass is 9.81. The maximum absolute atomic E-state index is 12.3. The van der Waals surface area contributed by atoms with Gasteiger partial charge in [0.2, 0.25) is 0 Å². The summed E-state index contributed by atoms with van der Waals surface area (Å²) >= 11 is 0. The van der Waals surface area contributed by atoms with Gasteiger partial charge >= 0.3 is 5.97 Å². The van der Waals surface area contributed by atoms with Gasteiger partial charge in [0.15, 0.2) is 0 Å². The largest absolute Gasteiger partial charge is 0.465 e. The lowest BCUT2D eigenvalue weighted by molar-refractivity contribution is 0.0601. The molecule has 0 unspecified atom stereocenters. The topological polar surface area (TPSA) is 36.2 Å². The first-order valence-corrected chi connectivity index (χ1v) is 13.0. The molecule has 2 aromatic heterocycles. The van der Waals surface area contributed by atoms with Gasteiger partial charge in [-0.15, -0.1) is 0 Å². The average molecular weight is 457 g/mol. The van der Waals surface area contributed by atoms with Crippen LogP contribution in [0.25, 0.3) is 33.1 Å². The van der Waals surface area contributed by atoms with Crippen LogP contribution in [-0.4, -0.2) is 22.2 Å². The van der Waals surface area contributed by atoms with Crippen LogP contribution < -0.4 is 0 Å². The van der Waals surface area contributed by atoms with E-state index in [0.717, 1.165) is 19.5 Å². The molecule has 0 atom stereocenters. The zero-order valence-electron chi connectivity index (χ0n) is 21.0. The van der Waals surface area contributed by atoms with Crippen molar-refractivity contribution in [1.29, 1.82) is 0 Å². The zero-order chi connectivity index (χ0) is 23.8. The van der Waals surface area contributed by atoms with Gasteiger partial charge in [-0.2, -0.15) is 0 Å². The molecule has 2 aromatic carbocycles. The summed E-state index contributed by atoms with van der Waals surface area (Å²) in [5, 5.41) is 2.67. The quantitative estimate of drug-likeness (QED) is 0.288. The van der Waals surface area contributed by atoms with E-state index >= 15 is 0 Å². The van der Waals surface area contributed by atoms with Crippen LogP contribution in [0.15, 0.2) is 42.6 Å². The summed E-state index contributed by atoms with van der Waals surface area (Å²) in [6.45, 7) is 8.19. The first kappa shape index (κ1) is 22.8. The molecule has 2 aliphatic rings. The highest BCUT2D eigenvalue weighted by Gasteiger charge is 2.29. The number of hydrogen-bond acceptors (Lipinski definition) is 2. The van der Waals surface area contributed by atoms with Gasteiger partial charge in [-0.3, -0.25) is 0 Å². The van der Waals surface area contributed by atoms with E-state index in [-0.39, 0.29) is 5.97 Å². The van der Waals surface area contributed by atoms with Crippen LogP contribution in [0, 0.1) is 6.92 Å². The molecule has 0 spiro atoms. The van der Waals surface area contributed by atoms with E-state index in [4.69, 9.17) is 4.74 Å². The number of carbonyl (C=O) groups is 1. The molecule has 1 aliphatic carbocycles. The molecule has 0 saturated heterocycles. The van der Waals surface area contributed by atoms with E-state index < -0.39 is 0 Å². The summed E-state index contributed by atoms with van der Waals surface area (Å²) < 4.78 is 10.0. The molecule has 178 valence electrons. The number of benzene rings is 2. The Bertz CT molecular complexity index is 1350. The molecule has 1 fully saturated rings. The maximum atomic E-state index is 12.3. The number of ether oxygens (including phenoxy) is 1. The van der Waals surface area contributed by atoms with E-state index in [9.17, 15) is 4.79 Å². The third kappa shape index (κ3) is 3.55. The zero-order valence-corrected chi connectivity index (χ0v) is 21.0. The molecule has 0 radical (unpaired) electrons. The molecule has 4 aromatic rings. The van der Waals surface area contributed by atoms with E-state index in [2.05, 4.69) is 52.6 Å². The van der Waals surface area contributed by atoms with Crippen molar-refractivity contribution in [2.24, 2.45) is 0 Å². The van der Waals surface area contributed by atoms with Crippen molar-refractivity contribution in [2.45, 2.75) is 78.3 Å². The van der Waals surface area contributed by atoms with Crippen LogP contribution >= 0.6 is 0 Å². The lowest BCUT2D eigenvalue weighted by Crippen LogP contribution is -2.11. The minimum Gasteiger partial charge on any atom is -0.465 e. The molecule has 0 bridgehead atoms. The van der Waals surface area contributed by atoms with Crippen LogP contribution in [-0.2, 0) is 17.8 Å². The smallest absolute Gasteiger partial charge is 0.337 e. The minimum atomic E-state index is -0.265. The van der Waals surface area contributed by atoms with Crippen molar-refractivity contribution in [3.8, 4) is 11.3 Å². The number of esters is 1. The normalized spacial score (nSPS) is 15.9. The summed E-state index contributed by atoms with van der Waals surface area (Å²) in [6.07, 6.45) is 9.84. The number of para-hydroxylation sites is 1. The van der Waals surface area contributed by atoms with Gasteiger partial charge in [-0.25, -0.2) is 4.79 Å². The summed E-state index contributed by atoms with van der Waals surface area (Å²) in [4.78, 5) is 12.3. The molecule has 0 N–H and O–H groups in total. The minimum absolute atomic E-state index is 0.265. The molecule has 34 heavy (non-hydrogen) atoms. The van der Waals surface area contributed by atoms with Gasteiger partial charge in [0.1, 0.15) is 0 Å². The number of hydrogen-bond donors (Lipinski definition) is 0. The summed E-state index contributed by atoms with van der Waals surface area (Å²) in [7, 11) is 1.46. The second kappa shape index (κ2) is 9.32. The van der Waals surface area contributed by atoms with Crippen molar-refractivity contribution in [1.82, 2.24) is 9.13 Å². The molecule has 6 rings (SSSR count). The van der Waals surface area contributed by atoms with Gasteiger partial charge in [-0.1, -0.05) is 57.4 Å². The van der Waals surface area contributed by atoms with Gasteiger partial charge in [0.05, 0.1) is 23.9 Å². The van der Waals surface area contributed by atoms with Crippen LogP contribution in [0.4, 0.5) is 0 Å². The molecule has 1 saturated carbocycles. The fourth-order valence-corrected chi connectivity index (χ4v) is 6.25. The second-order valence-corrected chi connectivity index (χ2v) is 9.53. The fourth-order valence-electron chi connectivity index (χ4n) is 6.25. The number of aromatic nitrogens is 2. The van der Waals surface area contributed by atoms with E-state index in [1.54, 1.807) is 0 Å². The van der Waals surface area contributed by atoms with Gasteiger partial charge in [0, 0.05) is 41.1 Å².